The molecule has 1 aromatic heterocycles. The van der Waals surface area contributed by atoms with E-state index in [0.29, 0.717) is 27.1 Å². The molecule has 6 nitrogen and oxygen atoms in total. The Morgan fingerprint density at radius 1 is 1.00 bits per heavy atom. The van der Waals surface area contributed by atoms with Crippen molar-refractivity contribution in [1.82, 2.24) is 5.32 Å². The highest BCUT2D eigenvalue weighted by Crippen LogP contribution is 2.29. The van der Waals surface area contributed by atoms with E-state index in [1.807, 2.05) is 0 Å². The van der Waals surface area contributed by atoms with Crippen LogP contribution in [0, 0.1) is 12.7 Å². The molecule has 3 aromatic rings. The summed E-state index contributed by atoms with van der Waals surface area (Å²) in [7, 11) is 0. The SMILES string of the molecule is Cc1occc1C(=O)Nc1cc(NC(=O)NC(C)(C)c2ccc(Cl)c(Cl)c2)ccc1F. The van der Waals surface area contributed by atoms with Gasteiger partial charge in [-0.2, -0.15) is 0 Å². The molecule has 0 fully saturated rings. The van der Waals surface area contributed by atoms with Crippen LogP contribution in [0.25, 0.3) is 0 Å². The maximum Gasteiger partial charge on any atom is 0.319 e. The number of hydrogen-bond donors (Lipinski definition) is 3. The number of aryl methyl sites for hydroxylation is 1. The third-order valence-electron chi connectivity index (χ3n) is 4.64. The Morgan fingerprint density at radius 2 is 1.74 bits per heavy atom. The maximum absolute atomic E-state index is 14.2. The van der Waals surface area contributed by atoms with Gasteiger partial charge in [-0.1, -0.05) is 29.3 Å². The van der Waals surface area contributed by atoms with Gasteiger partial charge in [0.2, 0.25) is 0 Å². The van der Waals surface area contributed by atoms with Crippen LogP contribution >= 0.6 is 23.2 Å². The number of carbonyl (C=O) groups excluding carboxylic acids is 2. The Labute approximate surface area is 188 Å². The van der Waals surface area contributed by atoms with Crippen LogP contribution in [0.3, 0.4) is 0 Å². The molecule has 0 atom stereocenters. The number of urea groups is 1. The highest BCUT2D eigenvalue weighted by Gasteiger charge is 2.24. The average Bonchev–Trinajstić information content (AvgIpc) is 3.12. The number of rotatable bonds is 5. The summed E-state index contributed by atoms with van der Waals surface area (Å²) in [5.74, 6) is -0.750. The summed E-state index contributed by atoms with van der Waals surface area (Å²) in [6.07, 6.45) is 1.37. The predicted octanol–water partition coefficient (Wildman–Crippen LogP) is 6.34. The van der Waals surface area contributed by atoms with Crippen LogP contribution in [0.4, 0.5) is 20.6 Å². The molecule has 162 valence electrons. The van der Waals surface area contributed by atoms with Crippen molar-refractivity contribution in [3.05, 3.63) is 81.5 Å². The summed E-state index contributed by atoms with van der Waals surface area (Å²) in [4.78, 5) is 24.8. The lowest BCUT2D eigenvalue weighted by molar-refractivity contribution is 0.102. The number of amides is 3. The van der Waals surface area contributed by atoms with Crippen molar-refractivity contribution >= 4 is 46.5 Å². The summed E-state index contributed by atoms with van der Waals surface area (Å²) in [6.45, 7) is 5.23. The van der Waals surface area contributed by atoms with E-state index in [9.17, 15) is 14.0 Å². The molecule has 0 saturated heterocycles. The molecule has 2 aromatic carbocycles. The third-order valence-corrected chi connectivity index (χ3v) is 5.38. The van der Waals surface area contributed by atoms with Crippen LogP contribution in [0.1, 0.15) is 35.5 Å². The van der Waals surface area contributed by atoms with Crippen LogP contribution in [0.2, 0.25) is 10.0 Å². The molecule has 0 unspecified atom stereocenters. The number of hydrogen-bond acceptors (Lipinski definition) is 3. The monoisotopic (exact) mass is 463 g/mol. The van der Waals surface area contributed by atoms with Crippen LogP contribution in [0.5, 0.6) is 0 Å². The lowest BCUT2D eigenvalue weighted by Gasteiger charge is -2.27. The van der Waals surface area contributed by atoms with Gasteiger partial charge in [-0.3, -0.25) is 4.79 Å². The fourth-order valence-corrected chi connectivity index (χ4v) is 3.21. The molecule has 31 heavy (non-hydrogen) atoms. The van der Waals surface area contributed by atoms with Gasteiger partial charge >= 0.3 is 6.03 Å². The Bertz CT molecular complexity index is 1140. The van der Waals surface area contributed by atoms with E-state index in [2.05, 4.69) is 16.0 Å². The number of nitrogens with one attached hydrogen (secondary N) is 3. The van der Waals surface area contributed by atoms with Crippen molar-refractivity contribution in [1.29, 1.82) is 0 Å². The van der Waals surface area contributed by atoms with Crippen LogP contribution in [-0.4, -0.2) is 11.9 Å². The normalized spacial score (nSPS) is 11.2. The molecule has 0 bridgehead atoms. The Hall–Kier alpha value is -3.03. The largest absolute Gasteiger partial charge is 0.469 e. The Balaban J connectivity index is 1.71. The zero-order valence-corrected chi connectivity index (χ0v) is 18.5. The molecule has 0 saturated carbocycles. The van der Waals surface area contributed by atoms with Crippen molar-refractivity contribution in [3.8, 4) is 0 Å². The zero-order chi connectivity index (χ0) is 22.8. The number of anilines is 2. The van der Waals surface area contributed by atoms with Crippen molar-refractivity contribution < 1.29 is 18.4 Å². The molecular formula is C22H20Cl2FN3O3. The first kappa shape index (κ1) is 22.7. The van der Waals surface area contributed by atoms with E-state index in [-0.39, 0.29) is 5.69 Å². The lowest BCUT2D eigenvalue weighted by Crippen LogP contribution is -2.43. The van der Waals surface area contributed by atoms with E-state index >= 15 is 0 Å². The van der Waals surface area contributed by atoms with Gasteiger partial charge in [0, 0.05) is 5.69 Å². The highest BCUT2D eigenvalue weighted by molar-refractivity contribution is 6.42. The van der Waals surface area contributed by atoms with E-state index in [0.717, 1.165) is 11.6 Å². The number of furan rings is 1. The van der Waals surface area contributed by atoms with Crippen LogP contribution < -0.4 is 16.0 Å². The molecule has 0 radical (unpaired) electrons. The van der Waals surface area contributed by atoms with Crippen molar-refractivity contribution in [2.24, 2.45) is 0 Å². The molecule has 0 aliphatic rings. The van der Waals surface area contributed by atoms with Crippen LogP contribution in [-0.2, 0) is 5.54 Å². The van der Waals surface area contributed by atoms with Gasteiger partial charge in [0.1, 0.15) is 11.6 Å². The number of halogens is 3. The van der Waals surface area contributed by atoms with Crippen molar-refractivity contribution in [2.45, 2.75) is 26.3 Å². The molecule has 3 N–H and O–H groups in total. The van der Waals surface area contributed by atoms with Gasteiger partial charge in [0.05, 0.1) is 33.1 Å². The summed E-state index contributed by atoms with van der Waals surface area (Å²) in [6, 6.07) is 9.92. The molecule has 0 spiro atoms. The van der Waals surface area contributed by atoms with Gasteiger partial charge in [-0.15, -0.1) is 0 Å². The summed E-state index contributed by atoms with van der Waals surface area (Å²) in [5, 5.41) is 8.73. The smallest absolute Gasteiger partial charge is 0.319 e. The second kappa shape index (κ2) is 8.99. The summed E-state index contributed by atoms with van der Waals surface area (Å²) < 4.78 is 19.3. The zero-order valence-electron chi connectivity index (χ0n) is 17.0. The number of benzene rings is 2. The summed E-state index contributed by atoms with van der Waals surface area (Å²) in [5.41, 5.74) is 0.488. The van der Waals surface area contributed by atoms with E-state index in [4.69, 9.17) is 27.6 Å². The fraction of sp³-hybridized carbons (Fsp3) is 0.182. The second-order valence-electron chi connectivity index (χ2n) is 7.37. The molecule has 1 heterocycles. The fourth-order valence-electron chi connectivity index (χ4n) is 2.91. The highest BCUT2D eigenvalue weighted by atomic mass is 35.5. The van der Waals surface area contributed by atoms with Crippen LogP contribution in [0.15, 0.2) is 53.1 Å². The molecule has 0 aliphatic heterocycles. The Kier molecular flexibility index (Phi) is 6.57. The van der Waals surface area contributed by atoms with Gasteiger partial charge in [0.15, 0.2) is 0 Å². The third kappa shape index (κ3) is 5.37. The van der Waals surface area contributed by atoms with Gasteiger partial charge in [0.25, 0.3) is 5.91 Å². The maximum atomic E-state index is 14.2. The van der Waals surface area contributed by atoms with E-state index in [1.54, 1.807) is 39.0 Å². The minimum absolute atomic E-state index is 0.0767. The van der Waals surface area contributed by atoms with Gasteiger partial charge in [-0.25, -0.2) is 9.18 Å². The van der Waals surface area contributed by atoms with E-state index < -0.39 is 23.3 Å². The number of carbonyl (C=O) groups is 2. The lowest BCUT2D eigenvalue weighted by atomic mass is 9.94. The van der Waals surface area contributed by atoms with Crippen molar-refractivity contribution in [3.63, 3.8) is 0 Å². The standard InChI is InChI=1S/C22H20Cl2FN3O3/c1-12-15(8-9-31-12)20(29)27-19-11-14(5-7-18(19)25)26-21(30)28-22(2,3)13-4-6-16(23)17(24)10-13/h4-11H,1-3H3,(H,27,29)(H2,26,28,30). The van der Waals surface area contributed by atoms with Crippen molar-refractivity contribution in [2.75, 3.05) is 10.6 Å². The average molecular weight is 464 g/mol. The van der Waals surface area contributed by atoms with Gasteiger partial charge in [-0.05, 0) is 62.7 Å². The molecule has 0 aliphatic carbocycles. The summed E-state index contributed by atoms with van der Waals surface area (Å²) >= 11 is 12.0. The quantitative estimate of drug-likeness (QED) is 0.412. The second-order valence-corrected chi connectivity index (χ2v) is 8.19. The first-order valence-electron chi connectivity index (χ1n) is 9.26. The minimum Gasteiger partial charge on any atom is -0.469 e. The molecule has 3 amide bonds. The van der Waals surface area contributed by atoms with E-state index in [1.165, 1.54) is 24.5 Å². The minimum atomic E-state index is -0.770. The molecule has 3 rings (SSSR count). The first-order chi connectivity index (χ1) is 14.6. The topological polar surface area (TPSA) is 83.4 Å². The molecule has 9 heteroatoms. The predicted molar refractivity (Wildman–Crippen MR) is 119 cm³/mol. The first-order valence-corrected chi connectivity index (χ1v) is 10.0. The Morgan fingerprint density at radius 3 is 2.39 bits per heavy atom. The van der Waals surface area contributed by atoms with Gasteiger partial charge < -0.3 is 20.4 Å². The molecular weight excluding hydrogens is 444 g/mol.